The predicted molar refractivity (Wildman–Crippen MR) is 124 cm³/mol. The van der Waals surface area contributed by atoms with Crippen molar-refractivity contribution in [2.24, 2.45) is 0 Å². The van der Waals surface area contributed by atoms with Gasteiger partial charge in [-0.2, -0.15) is 0 Å². The first-order valence-electron chi connectivity index (χ1n) is 9.57. The molecule has 2 aromatic heterocycles. The Bertz CT molecular complexity index is 1300. The highest BCUT2D eigenvalue weighted by Gasteiger charge is 2.24. The highest BCUT2D eigenvalue weighted by Crippen LogP contribution is 2.38. The van der Waals surface area contributed by atoms with Gasteiger partial charge in [0.25, 0.3) is 5.91 Å². The molecule has 0 radical (unpaired) electrons. The van der Waals surface area contributed by atoms with Crippen LogP contribution in [0.1, 0.15) is 27.5 Å². The van der Waals surface area contributed by atoms with E-state index in [4.69, 9.17) is 0 Å². The van der Waals surface area contributed by atoms with Gasteiger partial charge in [-0.1, -0.05) is 6.07 Å². The monoisotopic (exact) mass is 548 g/mol. The molecule has 0 unspecified atom stereocenters. The van der Waals surface area contributed by atoms with E-state index in [1.807, 2.05) is 16.8 Å². The average Bonchev–Trinajstić information content (AvgIpc) is 3.42. The zero-order chi connectivity index (χ0) is 21.5. The van der Waals surface area contributed by atoms with E-state index in [-0.39, 0.29) is 8.58 Å². The Balaban J connectivity index is 1.52. The molecule has 156 valence electrons. The van der Waals surface area contributed by atoms with E-state index >= 15 is 0 Å². The third kappa shape index (κ3) is 3.76. The summed E-state index contributed by atoms with van der Waals surface area (Å²) in [5.74, 6) is -2.23. The topological polar surface area (TPSA) is 59.8 Å². The molecule has 0 saturated heterocycles. The Hall–Kier alpha value is -2.66. The third-order valence-electron chi connectivity index (χ3n) is 5.17. The van der Waals surface area contributed by atoms with Crippen molar-refractivity contribution in [2.45, 2.75) is 19.3 Å². The normalized spacial score (nSPS) is 12.7. The van der Waals surface area contributed by atoms with E-state index in [1.54, 1.807) is 35.1 Å². The van der Waals surface area contributed by atoms with Gasteiger partial charge in [0.15, 0.2) is 10.8 Å². The van der Waals surface area contributed by atoms with Crippen LogP contribution in [-0.4, -0.2) is 20.4 Å². The fraction of sp³-hybridized carbons (Fsp3) is 0.136. The highest BCUT2D eigenvalue weighted by molar-refractivity contribution is 14.1. The lowest BCUT2D eigenvalue weighted by Crippen LogP contribution is -2.14. The van der Waals surface area contributed by atoms with Crippen LogP contribution >= 0.6 is 33.9 Å². The number of carbonyl (C=O) groups is 1. The molecule has 4 aromatic rings. The van der Waals surface area contributed by atoms with Crippen LogP contribution in [0.25, 0.3) is 16.1 Å². The van der Waals surface area contributed by atoms with Gasteiger partial charge in [-0.25, -0.2) is 18.7 Å². The van der Waals surface area contributed by atoms with E-state index in [0.29, 0.717) is 0 Å². The van der Waals surface area contributed by atoms with Crippen molar-refractivity contribution >= 4 is 45.5 Å². The maximum Gasteiger partial charge on any atom is 0.284 e. The molecule has 2 heterocycles. The maximum absolute atomic E-state index is 14.3. The van der Waals surface area contributed by atoms with Crippen LogP contribution in [0.2, 0.25) is 0 Å². The van der Waals surface area contributed by atoms with Crippen molar-refractivity contribution < 1.29 is 13.6 Å². The summed E-state index contributed by atoms with van der Waals surface area (Å²) in [4.78, 5) is 22.3. The number of nitrogens with one attached hydrogen (secondary N) is 1. The van der Waals surface area contributed by atoms with E-state index in [1.165, 1.54) is 23.0 Å². The summed E-state index contributed by atoms with van der Waals surface area (Å²) in [5.41, 5.74) is 3.56. The second-order valence-electron chi connectivity index (χ2n) is 7.13. The van der Waals surface area contributed by atoms with Crippen LogP contribution in [0.4, 0.5) is 14.5 Å². The number of amides is 1. The van der Waals surface area contributed by atoms with Crippen LogP contribution in [0.15, 0.2) is 49.1 Å². The molecule has 9 heteroatoms. The summed E-state index contributed by atoms with van der Waals surface area (Å²) < 4.78 is 30.5. The summed E-state index contributed by atoms with van der Waals surface area (Å²) in [6, 6.07) is 8.66. The van der Waals surface area contributed by atoms with Crippen molar-refractivity contribution in [3.05, 3.63) is 80.5 Å². The minimum atomic E-state index is -0.820. The number of benzene rings is 2. The van der Waals surface area contributed by atoms with Gasteiger partial charge < -0.3 is 9.88 Å². The van der Waals surface area contributed by atoms with Crippen LogP contribution < -0.4 is 5.32 Å². The molecular weight excluding hydrogens is 533 g/mol. The molecule has 0 atom stereocenters. The minimum Gasteiger partial charge on any atom is -0.315 e. The van der Waals surface area contributed by atoms with Gasteiger partial charge in [-0.15, -0.1) is 11.3 Å². The van der Waals surface area contributed by atoms with Crippen molar-refractivity contribution in [1.82, 2.24) is 14.5 Å². The van der Waals surface area contributed by atoms with Crippen molar-refractivity contribution in [2.75, 3.05) is 5.32 Å². The third-order valence-corrected chi connectivity index (χ3v) is 7.14. The average molecular weight is 548 g/mol. The van der Waals surface area contributed by atoms with Gasteiger partial charge in [0.2, 0.25) is 0 Å². The summed E-state index contributed by atoms with van der Waals surface area (Å²) in [7, 11) is 0. The molecule has 5 nitrogen and oxygen atoms in total. The number of hydrogen-bond donors (Lipinski definition) is 1. The second-order valence-corrected chi connectivity index (χ2v) is 9.29. The van der Waals surface area contributed by atoms with Gasteiger partial charge in [-0.05, 0) is 77.2 Å². The predicted octanol–water partition coefficient (Wildman–Crippen LogP) is 5.62. The van der Waals surface area contributed by atoms with E-state index in [9.17, 15) is 13.6 Å². The van der Waals surface area contributed by atoms with E-state index in [2.05, 4.69) is 27.4 Å². The number of aryl methyl sites for hydroxylation is 2. The molecule has 0 spiro atoms. The number of hydrogen-bond acceptors (Lipinski definition) is 4. The minimum absolute atomic E-state index is 0.184. The van der Waals surface area contributed by atoms with Gasteiger partial charge in [0, 0.05) is 18.1 Å². The zero-order valence-corrected chi connectivity index (χ0v) is 19.0. The standard InChI is InChI=1S/C22H15F2IN4OS/c23-15-6-7-16(25)18(24)19(15)28-21(30)22-27-17-3-1-2-12-4-5-13(29-9-8-26-11-29)10-14(12)20(17)31-22/h4-11H,1-3H2,(H,28,30). The van der Waals surface area contributed by atoms with Gasteiger partial charge >= 0.3 is 0 Å². The summed E-state index contributed by atoms with van der Waals surface area (Å²) in [6.07, 6.45) is 7.89. The number of halogens is 3. The molecule has 1 aliphatic carbocycles. The first-order chi connectivity index (χ1) is 15.0. The van der Waals surface area contributed by atoms with Gasteiger partial charge in [-0.3, -0.25) is 4.79 Å². The summed E-state index contributed by atoms with van der Waals surface area (Å²) in [6.45, 7) is 0. The highest BCUT2D eigenvalue weighted by atomic mass is 127. The first-order valence-corrected chi connectivity index (χ1v) is 11.5. The Labute approximate surface area is 194 Å². The molecule has 1 amide bonds. The van der Waals surface area contributed by atoms with Crippen LogP contribution in [-0.2, 0) is 12.8 Å². The molecule has 0 fully saturated rings. The Morgan fingerprint density at radius 2 is 2.06 bits per heavy atom. The molecule has 31 heavy (non-hydrogen) atoms. The largest absolute Gasteiger partial charge is 0.315 e. The lowest BCUT2D eigenvalue weighted by Gasteiger charge is -2.09. The number of imidazole rings is 1. The van der Waals surface area contributed by atoms with Gasteiger partial charge in [0.05, 0.1) is 20.5 Å². The molecular formula is C22H15F2IN4OS. The van der Waals surface area contributed by atoms with E-state index in [0.717, 1.165) is 47.2 Å². The number of nitrogens with zero attached hydrogens (tertiary/aromatic N) is 3. The molecule has 0 bridgehead atoms. The first kappa shape index (κ1) is 20.3. The molecule has 5 rings (SSSR count). The summed E-state index contributed by atoms with van der Waals surface area (Å²) >= 11 is 3.00. The summed E-state index contributed by atoms with van der Waals surface area (Å²) in [5, 5.41) is 2.54. The SMILES string of the molecule is O=C(Nc1c(F)ccc(I)c1F)c1nc2c(s1)-c1cc(-n3ccnc3)ccc1CCC2. The number of fused-ring (bicyclic) bond motifs is 3. The smallest absolute Gasteiger partial charge is 0.284 e. The number of anilines is 1. The number of thiazole rings is 1. The Kier molecular flexibility index (Phi) is 5.30. The molecule has 0 aliphatic heterocycles. The second kappa shape index (κ2) is 8.12. The lowest BCUT2D eigenvalue weighted by atomic mass is 10.0. The van der Waals surface area contributed by atoms with Crippen LogP contribution in [0.3, 0.4) is 0 Å². The number of rotatable bonds is 3. The number of aromatic nitrogens is 3. The Morgan fingerprint density at radius 3 is 2.87 bits per heavy atom. The number of carbonyl (C=O) groups excluding carboxylic acids is 1. The van der Waals surface area contributed by atoms with E-state index < -0.39 is 23.2 Å². The molecule has 1 aliphatic rings. The molecule has 1 N–H and O–H groups in total. The maximum atomic E-state index is 14.3. The van der Waals surface area contributed by atoms with Crippen molar-refractivity contribution in [3.63, 3.8) is 0 Å². The van der Waals surface area contributed by atoms with Gasteiger partial charge in [0.1, 0.15) is 11.5 Å². The lowest BCUT2D eigenvalue weighted by molar-refractivity contribution is 0.102. The Morgan fingerprint density at radius 1 is 1.19 bits per heavy atom. The molecule has 2 aromatic carbocycles. The van der Waals surface area contributed by atoms with Crippen molar-refractivity contribution in [1.29, 1.82) is 0 Å². The van der Waals surface area contributed by atoms with Crippen LogP contribution in [0.5, 0.6) is 0 Å². The van der Waals surface area contributed by atoms with Crippen molar-refractivity contribution in [3.8, 4) is 16.1 Å². The quantitative estimate of drug-likeness (QED) is 0.267. The fourth-order valence-corrected chi connectivity index (χ4v) is 5.16. The molecule has 0 saturated carbocycles. The fourth-order valence-electron chi connectivity index (χ4n) is 3.65. The zero-order valence-electron chi connectivity index (χ0n) is 16.0. The van der Waals surface area contributed by atoms with Crippen LogP contribution in [0, 0.1) is 15.2 Å².